The fourth-order valence-corrected chi connectivity index (χ4v) is 1.38. The largest absolute Gasteiger partial charge is 0.497 e. The second-order valence-corrected chi connectivity index (χ2v) is 3.26. The lowest BCUT2D eigenvalue weighted by Gasteiger charge is -2.00. The molecule has 0 saturated heterocycles. The Morgan fingerprint density at radius 2 is 2.25 bits per heavy atom. The fraction of sp³-hybridized carbons (Fsp3) is 0.0909. The molecule has 0 aliphatic rings. The minimum atomic E-state index is -0.526. The Morgan fingerprint density at radius 1 is 1.44 bits per heavy atom. The maximum Gasteiger partial charge on any atom is 0.266 e. The molecule has 0 unspecified atom stereocenters. The van der Waals surface area contributed by atoms with Crippen LogP contribution in [0.3, 0.4) is 0 Å². The Labute approximate surface area is 92.2 Å². The van der Waals surface area contributed by atoms with Gasteiger partial charge in [-0.1, -0.05) is 12.1 Å². The van der Waals surface area contributed by atoms with E-state index < -0.39 is 5.91 Å². The summed E-state index contributed by atoms with van der Waals surface area (Å²) in [6, 6.07) is 9.01. The molecule has 0 fully saturated rings. The number of rotatable bonds is 3. The molecule has 2 aromatic rings. The molecule has 3 N–H and O–H groups in total. The highest BCUT2D eigenvalue weighted by atomic mass is 16.5. The molecule has 16 heavy (non-hydrogen) atoms. The second kappa shape index (κ2) is 4.06. The molecule has 2 rings (SSSR count). The molecule has 0 aliphatic heterocycles. The van der Waals surface area contributed by atoms with Gasteiger partial charge in [0.1, 0.15) is 11.4 Å². The van der Waals surface area contributed by atoms with Gasteiger partial charge in [-0.25, -0.2) is 0 Å². The number of benzene rings is 1. The van der Waals surface area contributed by atoms with Crippen LogP contribution in [0.15, 0.2) is 30.3 Å². The normalized spacial score (nSPS) is 10.1. The van der Waals surface area contributed by atoms with E-state index in [1.165, 1.54) is 0 Å². The summed E-state index contributed by atoms with van der Waals surface area (Å²) >= 11 is 0. The molecule has 0 radical (unpaired) electrons. The number of H-pyrrole nitrogens is 1. The Hall–Kier alpha value is -2.30. The third-order valence-electron chi connectivity index (χ3n) is 2.21. The first-order chi connectivity index (χ1) is 7.70. The zero-order valence-corrected chi connectivity index (χ0v) is 8.73. The van der Waals surface area contributed by atoms with Crippen LogP contribution in [0.5, 0.6) is 5.75 Å². The summed E-state index contributed by atoms with van der Waals surface area (Å²) in [4.78, 5) is 10.9. The lowest BCUT2D eigenvalue weighted by molar-refractivity contribution is 0.0995. The van der Waals surface area contributed by atoms with Gasteiger partial charge in [0.2, 0.25) is 0 Å². The molecule has 0 atom stereocenters. The van der Waals surface area contributed by atoms with Crippen LogP contribution >= 0.6 is 0 Å². The molecular formula is C11H11N3O2. The summed E-state index contributed by atoms with van der Waals surface area (Å²) in [5.41, 5.74) is 6.94. The van der Waals surface area contributed by atoms with Crippen molar-refractivity contribution in [3.8, 4) is 17.0 Å². The van der Waals surface area contributed by atoms with E-state index in [9.17, 15) is 4.79 Å². The van der Waals surface area contributed by atoms with Crippen molar-refractivity contribution in [1.29, 1.82) is 0 Å². The van der Waals surface area contributed by atoms with Crippen molar-refractivity contribution < 1.29 is 9.53 Å². The third-order valence-corrected chi connectivity index (χ3v) is 2.21. The van der Waals surface area contributed by atoms with E-state index in [0.29, 0.717) is 5.69 Å². The average molecular weight is 217 g/mol. The van der Waals surface area contributed by atoms with Crippen molar-refractivity contribution in [3.05, 3.63) is 36.0 Å². The summed E-state index contributed by atoms with van der Waals surface area (Å²) in [6.45, 7) is 0. The number of carbonyl (C=O) groups is 1. The second-order valence-electron chi connectivity index (χ2n) is 3.26. The van der Waals surface area contributed by atoms with Crippen LogP contribution in [0.4, 0.5) is 0 Å². The van der Waals surface area contributed by atoms with Crippen molar-refractivity contribution in [2.45, 2.75) is 0 Å². The number of primary amides is 1. The van der Waals surface area contributed by atoms with Gasteiger partial charge >= 0.3 is 0 Å². The Morgan fingerprint density at radius 3 is 2.88 bits per heavy atom. The van der Waals surface area contributed by atoms with Crippen LogP contribution in [-0.4, -0.2) is 23.2 Å². The number of carbonyl (C=O) groups excluding carboxylic acids is 1. The molecule has 0 aliphatic carbocycles. The predicted molar refractivity (Wildman–Crippen MR) is 59.1 cm³/mol. The van der Waals surface area contributed by atoms with Gasteiger partial charge in [0.15, 0.2) is 0 Å². The molecule has 1 amide bonds. The number of aromatic nitrogens is 2. The van der Waals surface area contributed by atoms with Gasteiger partial charge < -0.3 is 10.5 Å². The zero-order valence-electron chi connectivity index (χ0n) is 8.73. The maximum absolute atomic E-state index is 10.9. The Bertz CT molecular complexity index is 519. The van der Waals surface area contributed by atoms with E-state index in [4.69, 9.17) is 10.5 Å². The molecule has 0 bridgehead atoms. The van der Waals surface area contributed by atoms with E-state index in [2.05, 4.69) is 10.2 Å². The van der Waals surface area contributed by atoms with Crippen LogP contribution in [-0.2, 0) is 0 Å². The molecule has 5 nitrogen and oxygen atoms in total. The first-order valence-corrected chi connectivity index (χ1v) is 4.70. The highest BCUT2D eigenvalue weighted by Crippen LogP contribution is 2.22. The van der Waals surface area contributed by atoms with Gasteiger partial charge in [-0.15, -0.1) is 0 Å². The monoisotopic (exact) mass is 217 g/mol. The molecule has 1 aromatic heterocycles. The van der Waals surface area contributed by atoms with Gasteiger partial charge in [-0.05, 0) is 18.2 Å². The van der Waals surface area contributed by atoms with Crippen LogP contribution in [0.1, 0.15) is 10.5 Å². The van der Waals surface area contributed by atoms with Gasteiger partial charge in [-0.2, -0.15) is 5.10 Å². The van der Waals surface area contributed by atoms with Gasteiger partial charge in [0.05, 0.1) is 12.8 Å². The van der Waals surface area contributed by atoms with Crippen LogP contribution in [0.25, 0.3) is 11.3 Å². The Kier molecular flexibility index (Phi) is 2.59. The summed E-state index contributed by atoms with van der Waals surface area (Å²) in [5.74, 6) is 0.211. The quantitative estimate of drug-likeness (QED) is 0.810. The van der Waals surface area contributed by atoms with Crippen molar-refractivity contribution in [2.75, 3.05) is 7.11 Å². The summed E-state index contributed by atoms with van der Waals surface area (Å²) < 4.78 is 5.10. The zero-order chi connectivity index (χ0) is 11.5. The SMILES string of the molecule is COc1cccc(-c2cc(C(N)=O)[nH]n2)c1. The number of nitrogens with one attached hydrogen (secondary N) is 1. The van der Waals surface area contributed by atoms with Crippen molar-refractivity contribution in [1.82, 2.24) is 10.2 Å². The van der Waals surface area contributed by atoms with E-state index in [1.807, 2.05) is 24.3 Å². The third kappa shape index (κ3) is 1.88. The molecular weight excluding hydrogens is 206 g/mol. The summed E-state index contributed by atoms with van der Waals surface area (Å²) in [7, 11) is 1.60. The van der Waals surface area contributed by atoms with Crippen molar-refractivity contribution in [2.24, 2.45) is 5.73 Å². The van der Waals surface area contributed by atoms with Gasteiger partial charge in [0, 0.05) is 5.56 Å². The average Bonchev–Trinajstić information content (AvgIpc) is 2.78. The molecule has 0 spiro atoms. The van der Waals surface area contributed by atoms with Gasteiger partial charge in [-0.3, -0.25) is 9.89 Å². The lowest BCUT2D eigenvalue weighted by Crippen LogP contribution is -2.10. The minimum absolute atomic E-state index is 0.290. The number of methoxy groups -OCH3 is 1. The topological polar surface area (TPSA) is 81.0 Å². The highest BCUT2D eigenvalue weighted by Gasteiger charge is 2.07. The van der Waals surface area contributed by atoms with Crippen molar-refractivity contribution in [3.63, 3.8) is 0 Å². The van der Waals surface area contributed by atoms with Crippen LogP contribution in [0.2, 0.25) is 0 Å². The predicted octanol–water partition coefficient (Wildman–Crippen LogP) is 1.18. The first kappa shape index (κ1) is 10.2. The minimum Gasteiger partial charge on any atom is -0.497 e. The van der Waals surface area contributed by atoms with Crippen LogP contribution < -0.4 is 10.5 Å². The van der Waals surface area contributed by atoms with E-state index in [-0.39, 0.29) is 5.69 Å². The number of aromatic amines is 1. The fourth-order valence-electron chi connectivity index (χ4n) is 1.38. The number of hydrogen-bond donors (Lipinski definition) is 2. The summed E-state index contributed by atoms with van der Waals surface area (Å²) in [6.07, 6.45) is 0. The maximum atomic E-state index is 10.9. The Balaban J connectivity index is 2.38. The lowest BCUT2D eigenvalue weighted by atomic mass is 10.1. The van der Waals surface area contributed by atoms with Crippen LogP contribution in [0, 0.1) is 0 Å². The standard InChI is InChI=1S/C11H11N3O2/c1-16-8-4-2-3-7(5-8)9-6-10(11(12)15)14-13-9/h2-6H,1H3,(H2,12,15)(H,13,14). The number of nitrogens with zero attached hydrogens (tertiary/aromatic N) is 1. The molecule has 0 saturated carbocycles. The molecule has 1 aromatic carbocycles. The van der Waals surface area contributed by atoms with E-state index in [0.717, 1.165) is 11.3 Å². The van der Waals surface area contributed by atoms with E-state index in [1.54, 1.807) is 13.2 Å². The molecule has 5 heteroatoms. The number of amides is 1. The van der Waals surface area contributed by atoms with E-state index >= 15 is 0 Å². The summed E-state index contributed by atoms with van der Waals surface area (Å²) in [5, 5.41) is 6.58. The molecule has 1 heterocycles. The van der Waals surface area contributed by atoms with Gasteiger partial charge in [0.25, 0.3) is 5.91 Å². The molecule has 82 valence electrons. The smallest absolute Gasteiger partial charge is 0.266 e. The highest BCUT2D eigenvalue weighted by molar-refractivity contribution is 5.91. The number of ether oxygens (including phenoxy) is 1. The first-order valence-electron chi connectivity index (χ1n) is 4.70. The van der Waals surface area contributed by atoms with Crippen molar-refractivity contribution >= 4 is 5.91 Å². The number of nitrogens with two attached hydrogens (primary N) is 1. The number of hydrogen-bond acceptors (Lipinski definition) is 3.